The number of hydrogen-bond donors (Lipinski definition) is 0. The Balaban J connectivity index is 2.79. The summed E-state index contributed by atoms with van der Waals surface area (Å²) < 4.78 is 65.4. The predicted molar refractivity (Wildman–Crippen MR) is 70.8 cm³/mol. The third-order valence-electron chi connectivity index (χ3n) is 2.42. The summed E-state index contributed by atoms with van der Waals surface area (Å²) in [5.74, 6) is -0.481. The number of ether oxygens (including phenoxy) is 1. The summed E-state index contributed by atoms with van der Waals surface area (Å²) in [6.07, 6.45) is -3.36. The van der Waals surface area contributed by atoms with E-state index in [2.05, 4.69) is 0 Å². The summed E-state index contributed by atoms with van der Waals surface area (Å²) in [6.45, 7) is -0.101. The number of hydrogen-bond acceptors (Lipinski definition) is 3. The SMILES string of the molecule is CS(=O)(=O)CCCOc1ccc(CCl)cc1C(F)(F)F. The van der Waals surface area contributed by atoms with E-state index >= 15 is 0 Å². The van der Waals surface area contributed by atoms with Crippen molar-refractivity contribution < 1.29 is 26.3 Å². The Hall–Kier alpha value is -0.950. The second-order valence-electron chi connectivity index (χ2n) is 4.29. The van der Waals surface area contributed by atoms with Gasteiger partial charge in [0.05, 0.1) is 17.9 Å². The highest BCUT2D eigenvalue weighted by Gasteiger charge is 2.34. The monoisotopic (exact) mass is 330 g/mol. The molecule has 1 aromatic carbocycles. The molecule has 0 unspecified atom stereocenters. The lowest BCUT2D eigenvalue weighted by Gasteiger charge is -2.14. The molecule has 114 valence electrons. The average molecular weight is 331 g/mol. The average Bonchev–Trinajstić information content (AvgIpc) is 2.32. The molecule has 0 radical (unpaired) electrons. The van der Waals surface area contributed by atoms with Gasteiger partial charge in [0.2, 0.25) is 0 Å². The van der Waals surface area contributed by atoms with Gasteiger partial charge in [0.25, 0.3) is 0 Å². The molecule has 1 rings (SSSR count). The fourth-order valence-corrected chi connectivity index (χ4v) is 2.32. The van der Waals surface area contributed by atoms with Crippen molar-refractivity contribution in [3.8, 4) is 5.75 Å². The van der Waals surface area contributed by atoms with E-state index < -0.39 is 21.6 Å². The van der Waals surface area contributed by atoms with Gasteiger partial charge in [-0.3, -0.25) is 0 Å². The van der Waals surface area contributed by atoms with Crippen molar-refractivity contribution >= 4 is 21.4 Å². The Bertz CT molecular complexity index is 556. The van der Waals surface area contributed by atoms with Gasteiger partial charge >= 0.3 is 6.18 Å². The molecule has 0 heterocycles. The Morgan fingerprint density at radius 1 is 1.30 bits per heavy atom. The lowest BCUT2D eigenvalue weighted by atomic mass is 10.1. The van der Waals surface area contributed by atoms with Gasteiger partial charge in [0.1, 0.15) is 15.6 Å². The van der Waals surface area contributed by atoms with Crippen LogP contribution in [0.5, 0.6) is 5.75 Å². The Morgan fingerprint density at radius 2 is 1.95 bits per heavy atom. The van der Waals surface area contributed by atoms with E-state index in [0.717, 1.165) is 12.3 Å². The molecule has 0 aliphatic rings. The summed E-state index contributed by atoms with van der Waals surface area (Å²) in [4.78, 5) is 0. The van der Waals surface area contributed by atoms with Gasteiger partial charge in [-0.25, -0.2) is 8.42 Å². The molecular weight excluding hydrogens is 317 g/mol. The molecule has 0 spiro atoms. The van der Waals surface area contributed by atoms with Gasteiger partial charge in [-0.05, 0) is 24.1 Å². The van der Waals surface area contributed by atoms with Crippen LogP contribution in [0.1, 0.15) is 17.5 Å². The van der Waals surface area contributed by atoms with Crippen molar-refractivity contribution in [2.24, 2.45) is 0 Å². The number of rotatable bonds is 6. The zero-order valence-electron chi connectivity index (χ0n) is 10.7. The number of alkyl halides is 4. The van der Waals surface area contributed by atoms with Crippen molar-refractivity contribution in [1.29, 1.82) is 0 Å². The fraction of sp³-hybridized carbons (Fsp3) is 0.500. The number of benzene rings is 1. The molecule has 3 nitrogen and oxygen atoms in total. The quantitative estimate of drug-likeness (QED) is 0.594. The normalized spacial score (nSPS) is 12.4. The molecule has 0 saturated heterocycles. The minimum Gasteiger partial charge on any atom is -0.493 e. The molecule has 0 bridgehead atoms. The zero-order chi connectivity index (χ0) is 15.4. The number of halogens is 4. The first-order valence-electron chi connectivity index (χ1n) is 5.70. The molecule has 0 atom stereocenters. The molecule has 0 fully saturated rings. The second kappa shape index (κ2) is 6.67. The molecule has 20 heavy (non-hydrogen) atoms. The molecule has 1 aromatic rings. The van der Waals surface area contributed by atoms with Gasteiger partial charge in [-0.15, -0.1) is 11.6 Å². The highest BCUT2D eigenvalue weighted by Crippen LogP contribution is 2.37. The van der Waals surface area contributed by atoms with Crippen LogP contribution in [0.25, 0.3) is 0 Å². The molecule has 0 aliphatic heterocycles. The van der Waals surface area contributed by atoms with Crippen molar-refractivity contribution in [3.63, 3.8) is 0 Å². The predicted octanol–water partition coefficient (Wildman–Crippen LogP) is 3.26. The lowest BCUT2D eigenvalue weighted by molar-refractivity contribution is -0.139. The topological polar surface area (TPSA) is 43.4 Å². The van der Waals surface area contributed by atoms with Crippen molar-refractivity contribution in [2.45, 2.75) is 18.5 Å². The van der Waals surface area contributed by atoms with Gasteiger partial charge in [0, 0.05) is 12.1 Å². The van der Waals surface area contributed by atoms with Gasteiger partial charge in [0.15, 0.2) is 0 Å². The lowest BCUT2D eigenvalue weighted by Crippen LogP contribution is -2.12. The van der Waals surface area contributed by atoms with E-state index in [4.69, 9.17) is 16.3 Å². The zero-order valence-corrected chi connectivity index (χ0v) is 12.3. The van der Waals surface area contributed by atoms with E-state index in [9.17, 15) is 21.6 Å². The van der Waals surface area contributed by atoms with Crippen molar-refractivity contribution in [1.82, 2.24) is 0 Å². The fourth-order valence-electron chi connectivity index (χ4n) is 1.51. The van der Waals surface area contributed by atoms with Crippen LogP contribution < -0.4 is 4.74 Å². The van der Waals surface area contributed by atoms with E-state index in [1.165, 1.54) is 12.1 Å². The van der Waals surface area contributed by atoms with Gasteiger partial charge in [-0.2, -0.15) is 13.2 Å². The van der Waals surface area contributed by atoms with E-state index in [-0.39, 0.29) is 30.4 Å². The summed E-state index contributed by atoms with van der Waals surface area (Å²) in [5, 5.41) is 0. The van der Waals surface area contributed by atoms with Crippen LogP contribution in [0.15, 0.2) is 18.2 Å². The van der Waals surface area contributed by atoms with Crippen LogP contribution in [-0.4, -0.2) is 27.0 Å². The van der Waals surface area contributed by atoms with Crippen LogP contribution >= 0.6 is 11.6 Å². The van der Waals surface area contributed by atoms with Crippen LogP contribution in [0, 0.1) is 0 Å². The van der Waals surface area contributed by atoms with E-state index in [0.29, 0.717) is 5.56 Å². The third-order valence-corrected chi connectivity index (χ3v) is 3.76. The van der Waals surface area contributed by atoms with Gasteiger partial charge in [-0.1, -0.05) is 6.07 Å². The van der Waals surface area contributed by atoms with Crippen LogP contribution in [0.2, 0.25) is 0 Å². The molecule has 0 saturated carbocycles. The molecule has 8 heteroatoms. The maximum Gasteiger partial charge on any atom is 0.419 e. The number of sulfone groups is 1. The standard InChI is InChI=1S/C12H14ClF3O3S/c1-20(17,18)6-2-5-19-11-4-3-9(8-13)7-10(11)12(14,15)16/h3-4,7H,2,5-6,8H2,1H3. The van der Waals surface area contributed by atoms with Crippen LogP contribution in [0.4, 0.5) is 13.2 Å². The molecular formula is C12H14ClF3O3S. The highest BCUT2D eigenvalue weighted by molar-refractivity contribution is 7.90. The molecule has 0 amide bonds. The maximum atomic E-state index is 12.8. The summed E-state index contributed by atoms with van der Waals surface area (Å²) in [6, 6.07) is 3.56. The Morgan fingerprint density at radius 3 is 2.45 bits per heavy atom. The minimum atomic E-state index is -4.55. The maximum absolute atomic E-state index is 12.8. The Labute approximate surface area is 120 Å². The van der Waals surface area contributed by atoms with Crippen molar-refractivity contribution in [2.75, 3.05) is 18.6 Å². The third kappa shape index (κ3) is 5.58. The molecule has 0 aliphatic carbocycles. The summed E-state index contributed by atoms with van der Waals surface area (Å²) >= 11 is 5.50. The summed E-state index contributed by atoms with van der Waals surface area (Å²) in [5.41, 5.74) is -0.572. The Kier molecular flexibility index (Phi) is 5.70. The molecule has 0 aromatic heterocycles. The van der Waals surface area contributed by atoms with Crippen LogP contribution in [0.3, 0.4) is 0 Å². The first-order valence-corrected chi connectivity index (χ1v) is 8.29. The largest absolute Gasteiger partial charge is 0.493 e. The first-order chi connectivity index (χ1) is 9.13. The van der Waals surface area contributed by atoms with E-state index in [1.807, 2.05) is 0 Å². The smallest absolute Gasteiger partial charge is 0.419 e. The first kappa shape index (κ1) is 17.1. The van der Waals surface area contributed by atoms with E-state index in [1.54, 1.807) is 0 Å². The molecule has 0 N–H and O–H groups in total. The second-order valence-corrected chi connectivity index (χ2v) is 6.82. The van der Waals surface area contributed by atoms with Crippen molar-refractivity contribution in [3.05, 3.63) is 29.3 Å². The van der Waals surface area contributed by atoms with Crippen LogP contribution in [-0.2, 0) is 21.9 Å². The van der Waals surface area contributed by atoms with Gasteiger partial charge < -0.3 is 4.74 Å². The highest BCUT2D eigenvalue weighted by atomic mass is 35.5. The minimum absolute atomic E-state index is 0.0303. The summed E-state index contributed by atoms with van der Waals surface area (Å²) in [7, 11) is -3.15.